The van der Waals surface area contributed by atoms with Crippen LogP contribution >= 0.6 is 0 Å². The molecule has 5 heteroatoms. The fourth-order valence-electron chi connectivity index (χ4n) is 3.09. The second-order valence-corrected chi connectivity index (χ2v) is 6.27. The molecule has 2 amide bonds. The molecule has 0 saturated carbocycles. The van der Waals surface area contributed by atoms with Crippen molar-refractivity contribution in [2.24, 2.45) is 5.92 Å². The molecule has 1 fully saturated rings. The van der Waals surface area contributed by atoms with E-state index in [1.807, 2.05) is 36.1 Å². The van der Waals surface area contributed by atoms with Gasteiger partial charge in [0.05, 0.1) is 0 Å². The summed E-state index contributed by atoms with van der Waals surface area (Å²) in [6.45, 7) is 9.28. The van der Waals surface area contributed by atoms with Gasteiger partial charge in [0.25, 0.3) is 0 Å². The number of hydrogen-bond acceptors (Lipinski definition) is 3. The van der Waals surface area contributed by atoms with Crippen LogP contribution in [-0.2, 0) is 9.59 Å². The Labute approximate surface area is 145 Å². The molecule has 0 aromatic heterocycles. The molecular weight excluding hydrogens is 302 g/mol. The van der Waals surface area contributed by atoms with Crippen molar-refractivity contribution in [1.29, 1.82) is 0 Å². The molecule has 1 aromatic carbocycles. The van der Waals surface area contributed by atoms with Gasteiger partial charge in [-0.2, -0.15) is 0 Å². The Balaban J connectivity index is 1.90. The monoisotopic (exact) mass is 331 g/mol. The van der Waals surface area contributed by atoms with Gasteiger partial charge in [-0.05, 0) is 37.1 Å². The maximum Gasteiger partial charge on any atom is 0.225 e. The molecule has 0 bridgehead atoms. The van der Waals surface area contributed by atoms with Gasteiger partial charge < -0.3 is 15.1 Å². The summed E-state index contributed by atoms with van der Waals surface area (Å²) in [7, 11) is 0. The second kappa shape index (κ2) is 8.71. The predicted molar refractivity (Wildman–Crippen MR) is 98.2 cm³/mol. The molecule has 0 radical (unpaired) electrons. The molecule has 0 unspecified atom stereocenters. The molecule has 5 nitrogen and oxygen atoms in total. The van der Waals surface area contributed by atoms with Gasteiger partial charge >= 0.3 is 0 Å². The number of anilines is 2. The Bertz CT molecular complexity index is 544. The molecule has 1 aromatic rings. The molecule has 24 heavy (non-hydrogen) atoms. The van der Waals surface area contributed by atoms with Crippen LogP contribution in [-0.4, -0.2) is 42.9 Å². The Morgan fingerprint density at radius 1 is 1.00 bits per heavy atom. The number of benzene rings is 1. The SMILES string of the molecule is CCC(=O)Nc1ccc(N2CCN(C(=O)C(CC)CC)CC2)cc1. The van der Waals surface area contributed by atoms with Crippen molar-refractivity contribution in [1.82, 2.24) is 4.90 Å². The lowest BCUT2D eigenvalue weighted by molar-refractivity contribution is -0.136. The molecule has 132 valence electrons. The highest BCUT2D eigenvalue weighted by Gasteiger charge is 2.25. The van der Waals surface area contributed by atoms with E-state index in [0.29, 0.717) is 12.3 Å². The lowest BCUT2D eigenvalue weighted by Gasteiger charge is -2.37. The highest BCUT2D eigenvalue weighted by Crippen LogP contribution is 2.21. The zero-order valence-corrected chi connectivity index (χ0v) is 15.0. The number of carbonyl (C=O) groups is 2. The van der Waals surface area contributed by atoms with E-state index in [0.717, 1.165) is 50.4 Å². The van der Waals surface area contributed by atoms with E-state index < -0.39 is 0 Å². The molecule has 0 spiro atoms. The molecule has 1 aliphatic heterocycles. The summed E-state index contributed by atoms with van der Waals surface area (Å²) < 4.78 is 0. The lowest BCUT2D eigenvalue weighted by atomic mass is 10.0. The molecule has 2 rings (SSSR count). The number of piperazine rings is 1. The van der Waals surface area contributed by atoms with Gasteiger partial charge in [0, 0.05) is 49.9 Å². The van der Waals surface area contributed by atoms with Crippen LogP contribution < -0.4 is 10.2 Å². The predicted octanol–water partition coefficient (Wildman–Crippen LogP) is 3.12. The number of nitrogens with zero attached hydrogens (tertiary/aromatic N) is 2. The van der Waals surface area contributed by atoms with Crippen LogP contribution in [0.3, 0.4) is 0 Å². The lowest BCUT2D eigenvalue weighted by Crippen LogP contribution is -2.50. The van der Waals surface area contributed by atoms with Crippen LogP contribution in [0.1, 0.15) is 40.0 Å². The van der Waals surface area contributed by atoms with Gasteiger partial charge in [-0.15, -0.1) is 0 Å². The molecule has 0 atom stereocenters. The minimum Gasteiger partial charge on any atom is -0.368 e. The van der Waals surface area contributed by atoms with Gasteiger partial charge in [-0.3, -0.25) is 9.59 Å². The average Bonchev–Trinajstić information content (AvgIpc) is 2.63. The summed E-state index contributed by atoms with van der Waals surface area (Å²) in [5.41, 5.74) is 1.97. The third kappa shape index (κ3) is 4.49. The normalized spacial score (nSPS) is 14.8. The minimum atomic E-state index is 0.0243. The maximum absolute atomic E-state index is 12.4. The van der Waals surface area contributed by atoms with E-state index in [9.17, 15) is 9.59 Å². The van der Waals surface area contributed by atoms with Crippen LogP contribution in [0.5, 0.6) is 0 Å². The first-order valence-electron chi connectivity index (χ1n) is 9.02. The molecule has 1 aliphatic rings. The highest BCUT2D eigenvalue weighted by molar-refractivity contribution is 5.90. The van der Waals surface area contributed by atoms with Crippen LogP contribution in [0.2, 0.25) is 0 Å². The zero-order valence-electron chi connectivity index (χ0n) is 15.0. The third-order valence-electron chi connectivity index (χ3n) is 4.76. The van der Waals surface area contributed by atoms with Crippen molar-refractivity contribution in [3.05, 3.63) is 24.3 Å². The minimum absolute atomic E-state index is 0.0243. The van der Waals surface area contributed by atoms with Gasteiger partial charge in [0.1, 0.15) is 0 Å². The third-order valence-corrected chi connectivity index (χ3v) is 4.76. The van der Waals surface area contributed by atoms with Crippen LogP contribution in [0, 0.1) is 5.92 Å². The Kier molecular flexibility index (Phi) is 6.64. The largest absolute Gasteiger partial charge is 0.368 e. The van der Waals surface area contributed by atoms with E-state index >= 15 is 0 Å². The summed E-state index contributed by atoms with van der Waals surface area (Å²) in [6, 6.07) is 7.93. The van der Waals surface area contributed by atoms with Crippen molar-refractivity contribution in [2.75, 3.05) is 36.4 Å². The molecule has 0 aliphatic carbocycles. The zero-order chi connectivity index (χ0) is 17.5. The number of carbonyl (C=O) groups excluding carboxylic acids is 2. The molecule has 1 saturated heterocycles. The van der Waals surface area contributed by atoms with Gasteiger partial charge in [-0.25, -0.2) is 0 Å². The van der Waals surface area contributed by atoms with Crippen molar-refractivity contribution in [3.8, 4) is 0 Å². The summed E-state index contributed by atoms with van der Waals surface area (Å²) in [4.78, 5) is 28.2. The van der Waals surface area contributed by atoms with Gasteiger partial charge in [0.15, 0.2) is 0 Å². The second-order valence-electron chi connectivity index (χ2n) is 6.27. The quantitative estimate of drug-likeness (QED) is 0.871. The van der Waals surface area contributed by atoms with Crippen molar-refractivity contribution < 1.29 is 9.59 Å². The Morgan fingerprint density at radius 2 is 1.58 bits per heavy atom. The molecule has 1 heterocycles. The fourth-order valence-corrected chi connectivity index (χ4v) is 3.09. The van der Waals surface area contributed by atoms with Crippen molar-refractivity contribution in [3.63, 3.8) is 0 Å². The fraction of sp³-hybridized carbons (Fsp3) is 0.579. The summed E-state index contributed by atoms with van der Waals surface area (Å²) in [5, 5.41) is 2.86. The average molecular weight is 331 g/mol. The highest BCUT2D eigenvalue weighted by atomic mass is 16.2. The summed E-state index contributed by atoms with van der Waals surface area (Å²) >= 11 is 0. The van der Waals surface area contributed by atoms with E-state index in [-0.39, 0.29) is 11.8 Å². The van der Waals surface area contributed by atoms with E-state index in [1.54, 1.807) is 0 Å². The number of nitrogens with one attached hydrogen (secondary N) is 1. The van der Waals surface area contributed by atoms with Crippen LogP contribution in [0.15, 0.2) is 24.3 Å². The maximum atomic E-state index is 12.4. The first-order chi connectivity index (χ1) is 11.6. The Hall–Kier alpha value is -2.04. The first-order valence-corrected chi connectivity index (χ1v) is 9.02. The standard InChI is InChI=1S/C19H29N3O2/c1-4-15(5-2)19(24)22-13-11-21(12-14-22)17-9-7-16(8-10-17)20-18(23)6-3/h7-10,15H,4-6,11-14H2,1-3H3,(H,20,23). The Morgan fingerprint density at radius 3 is 2.08 bits per heavy atom. The number of hydrogen-bond donors (Lipinski definition) is 1. The molecule has 1 N–H and O–H groups in total. The molecular formula is C19H29N3O2. The van der Waals surface area contributed by atoms with E-state index in [4.69, 9.17) is 0 Å². The van der Waals surface area contributed by atoms with Crippen LogP contribution in [0.4, 0.5) is 11.4 Å². The van der Waals surface area contributed by atoms with Crippen molar-refractivity contribution in [2.45, 2.75) is 40.0 Å². The van der Waals surface area contributed by atoms with E-state index in [1.165, 1.54) is 0 Å². The smallest absolute Gasteiger partial charge is 0.225 e. The topological polar surface area (TPSA) is 52.7 Å². The first kappa shape index (κ1) is 18.3. The number of rotatable bonds is 6. The summed E-state index contributed by atoms with van der Waals surface area (Å²) in [6.07, 6.45) is 2.31. The van der Waals surface area contributed by atoms with Crippen LogP contribution in [0.25, 0.3) is 0 Å². The van der Waals surface area contributed by atoms with Gasteiger partial charge in [0.2, 0.25) is 11.8 Å². The number of amides is 2. The summed E-state index contributed by atoms with van der Waals surface area (Å²) in [5.74, 6) is 0.492. The van der Waals surface area contributed by atoms with E-state index in [2.05, 4.69) is 24.1 Å². The van der Waals surface area contributed by atoms with Gasteiger partial charge in [-0.1, -0.05) is 20.8 Å². The van der Waals surface area contributed by atoms with Crippen molar-refractivity contribution >= 4 is 23.2 Å².